The van der Waals surface area contributed by atoms with Gasteiger partial charge in [0.05, 0.1) is 6.61 Å². The van der Waals surface area contributed by atoms with Crippen LogP contribution in [0.3, 0.4) is 0 Å². The first kappa shape index (κ1) is 14.7. The standard InChI is InChI=1S/C11H21N3O4/c1-9(10(16)17)13-3-5-14(6-4-13)11(18)12(2)7-8-15/h9,15H,3-8H2,1-2H3,(H,16,17). The van der Waals surface area contributed by atoms with Gasteiger partial charge in [-0.1, -0.05) is 0 Å². The number of carbonyl (C=O) groups excluding carboxylic acids is 1. The van der Waals surface area contributed by atoms with Crippen molar-refractivity contribution in [1.82, 2.24) is 14.7 Å². The van der Waals surface area contributed by atoms with Gasteiger partial charge in [0.1, 0.15) is 6.04 Å². The van der Waals surface area contributed by atoms with Crippen molar-refractivity contribution in [2.45, 2.75) is 13.0 Å². The van der Waals surface area contributed by atoms with E-state index in [2.05, 4.69) is 0 Å². The number of carboxylic acid groups (broad SMARTS) is 1. The number of aliphatic hydroxyl groups excluding tert-OH is 1. The smallest absolute Gasteiger partial charge is 0.320 e. The fourth-order valence-electron chi connectivity index (χ4n) is 1.94. The van der Waals surface area contributed by atoms with Gasteiger partial charge in [0.15, 0.2) is 0 Å². The van der Waals surface area contributed by atoms with Crippen LogP contribution in [0.25, 0.3) is 0 Å². The highest BCUT2D eigenvalue weighted by atomic mass is 16.4. The van der Waals surface area contributed by atoms with E-state index in [1.807, 2.05) is 4.90 Å². The Morgan fingerprint density at radius 3 is 2.28 bits per heavy atom. The van der Waals surface area contributed by atoms with Gasteiger partial charge in [-0.15, -0.1) is 0 Å². The number of nitrogens with zero attached hydrogens (tertiary/aromatic N) is 3. The number of carbonyl (C=O) groups is 2. The van der Waals surface area contributed by atoms with Crippen LogP contribution in [-0.2, 0) is 4.79 Å². The second-order valence-corrected chi connectivity index (χ2v) is 4.46. The van der Waals surface area contributed by atoms with Crippen LogP contribution in [0.4, 0.5) is 4.79 Å². The van der Waals surface area contributed by atoms with Crippen molar-refractivity contribution in [2.24, 2.45) is 0 Å². The first-order chi connectivity index (χ1) is 8.47. The van der Waals surface area contributed by atoms with Gasteiger partial charge in [-0.25, -0.2) is 4.79 Å². The Balaban J connectivity index is 2.44. The number of carboxylic acids is 1. The van der Waals surface area contributed by atoms with Crippen molar-refractivity contribution in [2.75, 3.05) is 46.4 Å². The van der Waals surface area contributed by atoms with Crippen molar-refractivity contribution < 1.29 is 19.8 Å². The lowest BCUT2D eigenvalue weighted by atomic mass is 10.2. The Hall–Kier alpha value is -1.34. The molecule has 1 rings (SSSR count). The Morgan fingerprint density at radius 2 is 1.83 bits per heavy atom. The van der Waals surface area contributed by atoms with E-state index in [0.717, 1.165) is 0 Å². The third-order valence-electron chi connectivity index (χ3n) is 3.25. The molecule has 0 aromatic heterocycles. The highest BCUT2D eigenvalue weighted by Crippen LogP contribution is 2.08. The molecule has 0 aliphatic carbocycles. The lowest BCUT2D eigenvalue weighted by molar-refractivity contribution is -0.143. The number of likely N-dealkylation sites (N-methyl/N-ethyl adjacent to an activating group) is 1. The first-order valence-electron chi connectivity index (χ1n) is 6.05. The van der Waals surface area contributed by atoms with Crippen LogP contribution in [0.2, 0.25) is 0 Å². The number of piperazine rings is 1. The second-order valence-electron chi connectivity index (χ2n) is 4.46. The van der Waals surface area contributed by atoms with Crippen molar-refractivity contribution in [3.8, 4) is 0 Å². The van der Waals surface area contributed by atoms with E-state index in [9.17, 15) is 9.59 Å². The zero-order valence-corrected chi connectivity index (χ0v) is 10.9. The number of aliphatic hydroxyl groups is 1. The van der Waals surface area contributed by atoms with Crippen molar-refractivity contribution in [3.63, 3.8) is 0 Å². The monoisotopic (exact) mass is 259 g/mol. The van der Waals surface area contributed by atoms with Crippen molar-refractivity contribution in [3.05, 3.63) is 0 Å². The van der Waals surface area contributed by atoms with Gasteiger partial charge in [-0.2, -0.15) is 0 Å². The van der Waals surface area contributed by atoms with E-state index in [1.54, 1.807) is 18.9 Å². The lowest BCUT2D eigenvalue weighted by Crippen LogP contribution is -2.55. The summed E-state index contributed by atoms with van der Waals surface area (Å²) in [7, 11) is 1.64. The summed E-state index contributed by atoms with van der Waals surface area (Å²) in [5, 5.41) is 17.7. The molecule has 0 spiro atoms. The molecular weight excluding hydrogens is 238 g/mol. The highest BCUT2D eigenvalue weighted by Gasteiger charge is 2.28. The molecule has 0 aromatic rings. The van der Waals surface area contributed by atoms with E-state index in [-0.39, 0.29) is 12.6 Å². The normalized spacial score (nSPS) is 18.5. The van der Waals surface area contributed by atoms with Gasteiger partial charge >= 0.3 is 12.0 Å². The predicted octanol–water partition coefficient (Wildman–Crippen LogP) is -0.879. The number of hydrogen-bond donors (Lipinski definition) is 2. The van der Waals surface area contributed by atoms with Crippen LogP contribution < -0.4 is 0 Å². The van der Waals surface area contributed by atoms with Crippen LogP contribution in [-0.4, -0.2) is 89.3 Å². The average molecular weight is 259 g/mol. The van der Waals surface area contributed by atoms with E-state index in [0.29, 0.717) is 32.7 Å². The van der Waals surface area contributed by atoms with Crippen molar-refractivity contribution >= 4 is 12.0 Å². The molecule has 1 aliphatic rings. The van der Waals surface area contributed by atoms with Gasteiger partial charge in [-0.05, 0) is 6.92 Å². The van der Waals surface area contributed by atoms with E-state index in [1.165, 1.54) is 4.90 Å². The van der Waals surface area contributed by atoms with E-state index < -0.39 is 12.0 Å². The molecule has 2 N–H and O–H groups in total. The van der Waals surface area contributed by atoms with Crippen LogP contribution in [0.15, 0.2) is 0 Å². The molecule has 1 fully saturated rings. The molecule has 18 heavy (non-hydrogen) atoms. The highest BCUT2D eigenvalue weighted by molar-refractivity contribution is 5.75. The molecule has 104 valence electrons. The molecule has 0 aromatic carbocycles. The Kier molecular flexibility index (Phi) is 5.36. The van der Waals surface area contributed by atoms with Crippen molar-refractivity contribution in [1.29, 1.82) is 0 Å². The molecule has 1 heterocycles. The Labute approximate surface area is 107 Å². The van der Waals surface area contributed by atoms with E-state index >= 15 is 0 Å². The lowest BCUT2D eigenvalue weighted by Gasteiger charge is -2.38. The number of urea groups is 1. The first-order valence-corrected chi connectivity index (χ1v) is 6.05. The van der Waals surface area contributed by atoms with Crippen LogP contribution >= 0.6 is 0 Å². The molecule has 0 saturated carbocycles. The fraction of sp³-hybridized carbons (Fsp3) is 0.818. The van der Waals surface area contributed by atoms with Gasteiger partial charge in [-0.3, -0.25) is 9.69 Å². The average Bonchev–Trinajstić information content (AvgIpc) is 2.37. The zero-order chi connectivity index (χ0) is 13.7. The summed E-state index contributed by atoms with van der Waals surface area (Å²) in [6, 6.07) is -0.635. The maximum absolute atomic E-state index is 11.9. The fourth-order valence-corrected chi connectivity index (χ4v) is 1.94. The molecule has 1 aliphatic heterocycles. The maximum Gasteiger partial charge on any atom is 0.320 e. The minimum Gasteiger partial charge on any atom is -0.480 e. The number of rotatable bonds is 4. The quantitative estimate of drug-likeness (QED) is 0.685. The molecule has 0 radical (unpaired) electrons. The largest absolute Gasteiger partial charge is 0.480 e. The van der Waals surface area contributed by atoms with Crippen LogP contribution in [0, 0.1) is 0 Å². The molecule has 2 amide bonds. The summed E-state index contributed by atoms with van der Waals surface area (Å²) in [6.07, 6.45) is 0. The van der Waals surface area contributed by atoms with Gasteiger partial charge in [0.2, 0.25) is 0 Å². The molecule has 0 bridgehead atoms. The number of hydrogen-bond acceptors (Lipinski definition) is 4. The summed E-state index contributed by atoms with van der Waals surface area (Å²) in [5.74, 6) is -0.841. The molecule has 7 nitrogen and oxygen atoms in total. The summed E-state index contributed by atoms with van der Waals surface area (Å²) in [5.41, 5.74) is 0. The third-order valence-corrected chi connectivity index (χ3v) is 3.25. The SMILES string of the molecule is CC(C(=O)O)N1CCN(C(=O)N(C)CCO)CC1. The van der Waals surface area contributed by atoms with Gasteiger partial charge in [0.25, 0.3) is 0 Å². The minimum absolute atomic E-state index is 0.0573. The Bertz CT molecular complexity index is 303. The summed E-state index contributed by atoms with van der Waals surface area (Å²) >= 11 is 0. The molecular formula is C11H21N3O4. The minimum atomic E-state index is -0.841. The molecule has 7 heteroatoms. The second kappa shape index (κ2) is 6.55. The molecule has 1 atom stereocenters. The Morgan fingerprint density at radius 1 is 1.28 bits per heavy atom. The number of aliphatic carboxylic acids is 1. The summed E-state index contributed by atoms with van der Waals surface area (Å²) < 4.78 is 0. The van der Waals surface area contributed by atoms with Gasteiger partial charge < -0.3 is 20.0 Å². The molecule has 1 saturated heterocycles. The third kappa shape index (κ3) is 3.58. The van der Waals surface area contributed by atoms with E-state index in [4.69, 9.17) is 10.2 Å². The van der Waals surface area contributed by atoms with Crippen LogP contribution in [0.1, 0.15) is 6.92 Å². The zero-order valence-electron chi connectivity index (χ0n) is 10.9. The molecule has 1 unspecified atom stereocenters. The summed E-state index contributed by atoms with van der Waals surface area (Å²) in [6.45, 7) is 4.07. The van der Waals surface area contributed by atoms with Crippen LogP contribution in [0.5, 0.6) is 0 Å². The van der Waals surface area contributed by atoms with Gasteiger partial charge in [0, 0.05) is 39.8 Å². The topological polar surface area (TPSA) is 84.3 Å². The number of amides is 2. The summed E-state index contributed by atoms with van der Waals surface area (Å²) in [4.78, 5) is 27.7. The predicted molar refractivity (Wildman–Crippen MR) is 65.4 cm³/mol. The maximum atomic E-state index is 11.9.